The van der Waals surface area contributed by atoms with Crippen LogP contribution in [0.25, 0.3) is 11.4 Å². The van der Waals surface area contributed by atoms with Gasteiger partial charge in [-0.3, -0.25) is 0 Å². The van der Waals surface area contributed by atoms with Gasteiger partial charge in [-0.15, -0.1) is 0 Å². The Balaban J connectivity index is 1.97. The van der Waals surface area contributed by atoms with Crippen LogP contribution in [0, 0.1) is 4.77 Å². The lowest BCUT2D eigenvalue weighted by Crippen LogP contribution is -2.24. The Morgan fingerprint density at radius 1 is 1.12 bits per heavy atom. The summed E-state index contributed by atoms with van der Waals surface area (Å²) in [4.78, 5) is 0.0848. The summed E-state index contributed by atoms with van der Waals surface area (Å²) in [5.74, 6) is 6.07. The fraction of sp³-hybridized carbons (Fsp3) is 0.0667. The molecule has 1 heterocycles. The number of hydrogen-bond donors (Lipinski definition) is 3. The van der Waals surface area contributed by atoms with Gasteiger partial charge in [0.2, 0.25) is 14.8 Å². The van der Waals surface area contributed by atoms with E-state index in [1.807, 2.05) is 30.3 Å². The molecule has 0 aliphatic heterocycles. The van der Waals surface area contributed by atoms with E-state index >= 15 is 0 Å². The van der Waals surface area contributed by atoms with Gasteiger partial charge in [0, 0.05) is 12.1 Å². The Hall–Kier alpha value is -2.49. The SMILES string of the molecule is Nn1c(-c2ccccc2S(=O)(=O)NCc2ccccc2)n[nH]c1=S. The lowest BCUT2D eigenvalue weighted by atomic mass is 10.2. The van der Waals surface area contributed by atoms with Crippen LogP contribution in [-0.4, -0.2) is 23.3 Å². The summed E-state index contributed by atoms with van der Waals surface area (Å²) in [5, 5.41) is 6.55. The zero-order valence-electron chi connectivity index (χ0n) is 12.5. The third kappa shape index (κ3) is 3.23. The Kier molecular flexibility index (Phi) is 4.47. The van der Waals surface area contributed by atoms with E-state index in [0.717, 1.165) is 10.2 Å². The third-order valence-corrected chi connectivity index (χ3v) is 5.18. The number of nitrogens with two attached hydrogens (primary N) is 1. The van der Waals surface area contributed by atoms with E-state index in [0.29, 0.717) is 5.56 Å². The first-order chi connectivity index (χ1) is 11.5. The van der Waals surface area contributed by atoms with Crippen molar-refractivity contribution in [3.63, 3.8) is 0 Å². The highest BCUT2D eigenvalue weighted by atomic mass is 32.2. The third-order valence-electron chi connectivity index (χ3n) is 3.43. The average molecular weight is 361 g/mol. The molecule has 0 fully saturated rings. The van der Waals surface area contributed by atoms with Crippen LogP contribution in [0.2, 0.25) is 0 Å². The predicted molar refractivity (Wildman–Crippen MR) is 93.5 cm³/mol. The highest BCUT2D eigenvalue weighted by Gasteiger charge is 2.21. The van der Waals surface area contributed by atoms with Crippen molar-refractivity contribution < 1.29 is 8.42 Å². The number of rotatable bonds is 5. The van der Waals surface area contributed by atoms with Gasteiger partial charge in [-0.1, -0.05) is 42.5 Å². The molecule has 1 aromatic heterocycles. The molecule has 0 radical (unpaired) electrons. The van der Waals surface area contributed by atoms with Gasteiger partial charge >= 0.3 is 0 Å². The Morgan fingerprint density at radius 3 is 2.46 bits per heavy atom. The monoisotopic (exact) mass is 361 g/mol. The van der Waals surface area contributed by atoms with Crippen molar-refractivity contribution in [1.82, 2.24) is 19.6 Å². The molecule has 0 aliphatic rings. The van der Waals surface area contributed by atoms with Gasteiger partial charge in [0.1, 0.15) is 0 Å². The Labute approximate surface area is 144 Å². The molecule has 2 aromatic carbocycles. The van der Waals surface area contributed by atoms with Crippen molar-refractivity contribution in [3.05, 3.63) is 64.9 Å². The summed E-state index contributed by atoms with van der Waals surface area (Å²) in [6.07, 6.45) is 0. The maximum absolute atomic E-state index is 12.7. The van der Waals surface area contributed by atoms with Crippen molar-refractivity contribution in [1.29, 1.82) is 0 Å². The summed E-state index contributed by atoms with van der Waals surface area (Å²) in [7, 11) is -3.75. The normalized spacial score (nSPS) is 11.5. The molecule has 3 rings (SSSR count). The number of sulfonamides is 1. The minimum Gasteiger partial charge on any atom is -0.335 e. The molecule has 0 saturated carbocycles. The van der Waals surface area contributed by atoms with Gasteiger partial charge < -0.3 is 5.84 Å². The van der Waals surface area contributed by atoms with Crippen LogP contribution >= 0.6 is 12.2 Å². The molecule has 0 atom stereocenters. The number of hydrogen-bond acceptors (Lipinski definition) is 5. The van der Waals surface area contributed by atoms with Crippen LogP contribution in [0.4, 0.5) is 0 Å². The molecule has 0 aliphatic carbocycles. The second kappa shape index (κ2) is 6.56. The molecule has 0 amide bonds. The maximum Gasteiger partial charge on any atom is 0.241 e. The summed E-state index contributed by atoms with van der Waals surface area (Å²) >= 11 is 4.98. The lowest BCUT2D eigenvalue weighted by molar-refractivity contribution is 0.581. The fourth-order valence-corrected chi connectivity index (χ4v) is 3.58. The number of H-pyrrole nitrogens is 1. The second-order valence-electron chi connectivity index (χ2n) is 5.03. The summed E-state index contributed by atoms with van der Waals surface area (Å²) in [6.45, 7) is 0.187. The van der Waals surface area contributed by atoms with E-state index in [9.17, 15) is 8.42 Å². The maximum atomic E-state index is 12.7. The van der Waals surface area contributed by atoms with Crippen LogP contribution in [-0.2, 0) is 16.6 Å². The van der Waals surface area contributed by atoms with Crippen molar-refractivity contribution in [2.45, 2.75) is 11.4 Å². The number of nitrogens with one attached hydrogen (secondary N) is 2. The highest BCUT2D eigenvalue weighted by molar-refractivity contribution is 7.89. The van der Waals surface area contributed by atoms with Crippen LogP contribution in [0.5, 0.6) is 0 Å². The molecular formula is C15H15N5O2S2. The highest BCUT2D eigenvalue weighted by Crippen LogP contribution is 2.25. The van der Waals surface area contributed by atoms with E-state index in [-0.39, 0.29) is 22.0 Å². The molecule has 4 N–H and O–H groups in total. The van der Waals surface area contributed by atoms with Gasteiger partial charge in [0.25, 0.3) is 0 Å². The average Bonchev–Trinajstić information content (AvgIpc) is 2.93. The number of benzene rings is 2. The molecule has 24 heavy (non-hydrogen) atoms. The van der Waals surface area contributed by atoms with Crippen molar-refractivity contribution >= 4 is 22.2 Å². The smallest absolute Gasteiger partial charge is 0.241 e. The van der Waals surface area contributed by atoms with Gasteiger partial charge in [0.05, 0.1) is 4.90 Å². The van der Waals surface area contributed by atoms with Crippen LogP contribution in [0.3, 0.4) is 0 Å². The minimum absolute atomic E-state index is 0.0848. The van der Waals surface area contributed by atoms with E-state index < -0.39 is 10.0 Å². The summed E-state index contributed by atoms with van der Waals surface area (Å²) < 4.78 is 29.3. The van der Waals surface area contributed by atoms with Gasteiger partial charge in [-0.2, -0.15) is 5.10 Å². The molecule has 7 nitrogen and oxygen atoms in total. The second-order valence-corrected chi connectivity index (χ2v) is 7.15. The number of aromatic nitrogens is 3. The van der Waals surface area contributed by atoms with Crippen LogP contribution in [0.15, 0.2) is 59.5 Å². The molecule has 124 valence electrons. The van der Waals surface area contributed by atoms with Gasteiger partial charge in [-0.05, 0) is 29.9 Å². The zero-order valence-corrected chi connectivity index (χ0v) is 14.1. The number of aromatic amines is 1. The molecule has 0 spiro atoms. The topological polar surface area (TPSA) is 106 Å². The van der Waals surface area contributed by atoms with Crippen LogP contribution in [0.1, 0.15) is 5.56 Å². The minimum atomic E-state index is -3.75. The van der Waals surface area contributed by atoms with E-state index in [1.54, 1.807) is 18.2 Å². The van der Waals surface area contributed by atoms with E-state index in [2.05, 4.69) is 14.9 Å². The predicted octanol–water partition coefficient (Wildman–Crippen LogP) is 1.80. The summed E-state index contributed by atoms with van der Waals surface area (Å²) in [5.41, 5.74) is 1.23. The first-order valence-corrected chi connectivity index (χ1v) is 8.93. The largest absolute Gasteiger partial charge is 0.335 e. The van der Waals surface area contributed by atoms with E-state index in [4.69, 9.17) is 18.1 Å². The van der Waals surface area contributed by atoms with Crippen molar-refractivity contribution in [3.8, 4) is 11.4 Å². The first kappa shape index (κ1) is 16.4. The molecule has 0 saturated heterocycles. The van der Waals surface area contributed by atoms with Crippen molar-refractivity contribution in [2.24, 2.45) is 0 Å². The van der Waals surface area contributed by atoms with Crippen LogP contribution < -0.4 is 10.6 Å². The first-order valence-electron chi connectivity index (χ1n) is 7.04. The molecule has 3 aromatic rings. The van der Waals surface area contributed by atoms with Gasteiger partial charge in [-0.25, -0.2) is 22.9 Å². The molecular weight excluding hydrogens is 346 g/mol. The molecule has 0 bridgehead atoms. The Morgan fingerprint density at radius 2 is 1.79 bits per heavy atom. The van der Waals surface area contributed by atoms with Gasteiger partial charge in [0.15, 0.2) is 5.82 Å². The van der Waals surface area contributed by atoms with E-state index in [1.165, 1.54) is 6.07 Å². The lowest BCUT2D eigenvalue weighted by Gasteiger charge is -2.11. The standard InChI is InChI=1S/C15H15N5O2S2/c16-20-14(18-19-15(20)23)12-8-4-5-9-13(12)24(21,22)17-10-11-6-2-1-3-7-11/h1-9,17H,10,16H2,(H,19,23). The summed E-state index contributed by atoms with van der Waals surface area (Å²) in [6, 6.07) is 15.8. The fourth-order valence-electron chi connectivity index (χ4n) is 2.23. The Bertz CT molecular complexity index is 1010. The zero-order chi connectivity index (χ0) is 17.2. The van der Waals surface area contributed by atoms with Crippen molar-refractivity contribution in [2.75, 3.05) is 5.84 Å². The molecule has 9 heteroatoms. The molecule has 0 unspecified atom stereocenters. The number of nitrogens with zero attached hydrogens (tertiary/aromatic N) is 2. The number of nitrogen functional groups attached to an aromatic ring is 1. The quantitative estimate of drug-likeness (QED) is 0.475.